The molecule has 3 heteroatoms. The van der Waals surface area contributed by atoms with Crippen molar-refractivity contribution in [3.05, 3.63) is 0 Å². The topological polar surface area (TPSA) is 23.6 Å². The second-order valence-corrected chi connectivity index (χ2v) is 7.08. The fraction of sp³-hybridized carbons (Fsp3) is 0.938. The highest BCUT2D eigenvalue weighted by molar-refractivity contribution is 5.82. The van der Waals surface area contributed by atoms with E-state index in [0.717, 1.165) is 24.9 Å². The molecule has 0 bridgehead atoms. The minimum Gasteiger partial charge on any atom is -0.338 e. The van der Waals surface area contributed by atoms with Crippen molar-refractivity contribution in [2.45, 2.75) is 51.0 Å². The number of piperidine rings is 1. The van der Waals surface area contributed by atoms with Crippen LogP contribution in [0.15, 0.2) is 0 Å². The zero-order valence-corrected chi connectivity index (χ0v) is 12.5. The second-order valence-electron chi connectivity index (χ2n) is 7.08. The van der Waals surface area contributed by atoms with E-state index in [9.17, 15) is 4.79 Å². The molecule has 3 aliphatic rings. The smallest absolute Gasteiger partial charge is 0.226 e. The lowest BCUT2D eigenvalue weighted by Gasteiger charge is -2.37. The number of nitrogens with zero attached hydrogens (tertiary/aromatic N) is 2. The molecule has 0 N–H and O–H groups in total. The highest BCUT2D eigenvalue weighted by Crippen LogP contribution is 2.56. The predicted molar refractivity (Wildman–Crippen MR) is 76.8 cm³/mol. The second kappa shape index (κ2) is 5.43. The normalized spacial score (nSPS) is 38.2. The standard InChI is InChI=1S/C16H28N2O/c1-17(2)11-12-7-5-6-10-18(12)16(19)15-13-8-3-4-9-14(13)15/h12-15H,3-11H2,1-2H3. The third kappa shape index (κ3) is 2.67. The van der Waals surface area contributed by atoms with E-state index in [1.807, 2.05) is 0 Å². The van der Waals surface area contributed by atoms with Crippen LogP contribution in [-0.2, 0) is 4.79 Å². The van der Waals surface area contributed by atoms with Crippen LogP contribution in [0.5, 0.6) is 0 Å². The Balaban J connectivity index is 1.64. The summed E-state index contributed by atoms with van der Waals surface area (Å²) in [5, 5.41) is 0. The van der Waals surface area contributed by atoms with E-state index >= 15 is 0 Å². The fourth-order valence-electron chi connectivity index (χ4n) is 4.45. The van der Waals surface area contributed by atoms with Crippen molar-refractivity contribution in [2.24, 2.45) is 17.8 Å². The van der Waals surface area contributed by atoms with Crippen LogP contribution in [0.1, 0.15) is 44.9 Å². The maximum absolute atomic E-state index is 12.8. The van der Waals surface area contributed by atoms with E-state index in [-0.39, 0.29) is 0 Å². The summed E-state index contributed by atoms with van der Waals surface area (Å²) in [5.74, 6) is 2.42. The van der Waals surface area contributed by atoms with Crippen molar-refractivity contribution in [2.75, 3.05) is 27.2 Å². The van der Waals surface area contributed by atoms with Crippen molar-refractivity contribution in [3.63, 3.8) is 0 Å². The van der Waals surface area contributed by atoms with Crippen molar-refractivity contribution in [1.29, 1.82) is 0 Å². The average Bonchev–Trinajstić information content (AvgIpc) is 3.12. The molecular formula is C16H28N2O. The van der Waals surface area contributed by atoms with Gasteiger partial charge >= 0.3 is 0 Å². The lowest BCUT2D eigenvalue weighted by atomic mass is 10.0. The van der Waals surface area contributed by atoms with Gasteiger partial charge in [-0.25, -0.2) is 0 Å². The summed E-state index contributed by atoms with van der Waals surface area (Å²) in [6.07, 6.45) is 9.03. The fourth-order valence-corrected chi connectivity index (χ4v) is 4.45. The molecule has 0 radical (unpaired) electrons. The number of hydrogen-bond acceptors (Lipinski definition) is 2. The van der Waals surface area contributed by atoms with Gasteiger partial charge in [-0.2, -0.15) is 0 Å². The van der Waals surface area contributed by atoms with Crippen LogP contribution in [0.2, 0.25) is 0 Å². The maximum atomic E-state index is 12.8. The zero-order chi connectivity index (χ0) is 13.4. The Labute approximate surface area is 117 Å². The molecule has 3 rings (SSSR count). The van der Waals surface area contributed by atoms with Crippen LogP contribution in [0, 0.1) is 17.8 Å². The van der Waals surface area contributed by atoms with Crippen LogP contribution < -0.4 is 0 Å². The molecule has 0 aromatic carbocycles. The summed E-state index contributed by atoms with van der Waals surface area (Å²) in [6.45, 7) is 2.04. The number of likely N-dealkylation sites (tertiary alicyclic amines) is 1. The number of hydrogen-bond donors (Lipinski definition) is 0. The van der Waals surface area contributed by atoms with E-state index in [1.54, 1.807) is 0 Å². The Kier molecular flexibility index (Phi) is 3.84. The Bertz CT molecular complexity index is 330. The summed E-state index contributed by atoms with van der Waals surface area (Å²) in [4.78, 5) is 17.3. The molecular weight excluding hydrogens is 236 g/mol. The maximum Gasteiger partial charge on any atom is 0.226 e. The Morgan fingerprint density at radius 1 is 1.05 bits per heavy atom. The number of fused-ring (bicyclic) bond motifs is 1. The first-order valence-corrected chi connectivity index (χ1v) is 8.13. The molecule has 3 fully saturated rings. The molecule has 1 heterocycles. The Morgan fingerprint density at radius 2 is 1.68 bits per heavy atom. The summed E-state index contributed by atoms with van der Waals surface area (Å²) in [7, 11) is 4.24. The lowest BCUT2D eigenvalue weighted by Crippen LogP contribution is -2.49. The molecule has 2 saturated carbocycles. The first kappa shape index (κ1) is 13.4. The highest BCUT2D eigenvalue weighted by atomic mass is 16.2. The van der Waals surface area contributed by atoms with Gasteiger partial charge in [0.2, 0.25) is 5.91 Å². The molecule has 108 valence electrons. The molecule has 0 aromatic rings. The Morgan fingerprint density at radius 3 is 2.32 bits per heavy atom. The largest absolute Gasteiger partial charge is 0.338 e. The summed E-state index contributed by atoms with van der Waals surface area (Å²) in [6, 6.07) is 0.471. The molecule has 2 aliphatic carbocycles. The lowest BCUT2D eigenvalue weighted by molar-refractivity contribution is -0.137. The average molecular weight is 264 g/mol. The van der Waals surface area contributed by atoms with E-state index < -0.39 is 0 Å². The minimum atomic E-state index is 0.408. The molecule has 0 aromatic heterocycles. The van der Waals surface area contributed by atoms with Crippen LogP contribution in [0.25, 0.3) is 0 Å². The van der Waals surface area contributed by atoms with Crippen molar-refractivity contribution >= 4 is 5.91 Å². The monoisotopic (exact) mass is 264 g/mol. The summed E-state index contributed by atoms with van der Waals surface area (Å²) in [5.41, 5.74) is 0. The molecule has 3 atom stereocenters. The Hall–Kier alpha value is -0.570. The van der Waals surface area contributed by atoms with Gasteiger partial charge in [0.1, 0.15) is 0 Å². The predicted octanol–water partition coefficient (Wildman–Crippen LogP) is 2.37. The van der Waals surface area contributed by atoms with Crippen molar-refractivity contribution < 1.29 is 4.79 Å². The molecule has 1 saturated heterocycles. The van der Waals surface area contributed by atoms with Crippen LogP contribution in [-0.4, -0.2) is 48.9 Å². The van der Waals surface area contributed by atoms with Crippen LogP contribution in [0.3, 0.4) is 0 Å². The number of rotatable bonds is 3. The van der Waals surface area contributed by atoms with E-state index in [1.165, 1.54) is 44.9 Å². The molecule has 0 spiro atoms. The minimum absolute atomic E-state index is 0.408. The van der Waals surface area contributed by atoms with Gasteiger partial charge in [0.25, 0.3) is 0 Å². The summed E-state index contributed by atoms with van der Waals surface area (Å²) >= 11 is 0. The van der Waals surface area contributed by atoms with Gasteiger partial charge in [-0.15, -0.1) is 0 Å². The first-order chi connectivity index (χ1) is 9.18. The van der Waals surface area contributed by atoms with E-state index in [2.05, 4.69) is 23.9 Å². The van der Waals surface area contributed by atoms with Gasteiger partial charge in [-0.1, -0.05) is 12.8 Å². The van der Waals surface area contributed by atoms with Gasteiger partial charge in [0.05, 0.1) is 0 Å². The third-order valence-corrected chi connectivity index (χ3v) is 5.43. The van der Waals surface area contributed by atoms with Gasteiger partial charge < -0.3 is 9.80 Å². The zero-order valence-electron chi connectivity index (χ0n) is 12.5. The number of carbonyl (C=O) groups is 1. The van der Waals surface area contributed by atoms with E-state index in [0.29, 0.717) is 17.9 Å². The first-order valence-electron chi connectivity index (χ1n) is 8.13. The summed E-state index contributed by atoms with van der Waals surface area (Å²) < 4.78 is 0. The number of carbonyl (C=O) groups excluding carboxylic acids is 1. The van der Waals surface area contributed by atoms with Crippen molar-refractivity contribution in [3.8, 4) is 0 Å². The van der Waals surface area contributed by atoms with Crippen LogP contribution in [0.4, 0.5) is 0 Å². The molecule has 1 amide bonds. The number of likely N-dealkylation sites (N-methyl/N-ethyl adjacent to an activating group) is 1. The van der Waals surface area contributed by atoms with Gasteiger partial charge in [0, 0.05) is 25.0 Å². The molecule has 3 unspecified atom stereocenters. The molecule has 19 heavy (non-hydrogen) atoms. The molecule has 1 aliphatic heterocycles. The SMILES string of the molecule is CN(C)CC1CCCCN1C(=O)C1C2CCCCC21. The van der Waals surface area contributed by atoms with Crippen LogP contribution >= 0.6 is 0 Å². The number of amides is 1. The quantitative estimate of drug-likeness (QED) is 0.781. The van der Waals surface area contributed by atoms with E-state index in [4.69, 9.17) is 0 Å². The molecule has 3 nitrogen and oxygen atoms in total. The van der Waals surface area contributed by atoms with Crippen molar-refractivity contribution in [1.82, 2.24) is 9.80 Å². The van der Waals surface area contributed by atoms with Gasteiger partial charge in [0.15, 0.2) is 0 Å². The van der Waals surface area contributed by atoms with Gasteiger partial charge in [-0.3, -0.25) is 4.79 Å². The third-order valence-electron chi connectivity index (χ3n) is 5.43. The highest BCUT2D eigenvalue weighted by Gasteiger charge is 2.56. The van der Waals surface area contributed by atoms with Gasteiger partial charge in [-0.05, 0) is 58.0 Å².